The molecule has 0 saturated heterocycles. The van der Waals surface area contributed by atoms with Crippen LogP contribution in [0, 0.1) is 5.92 Å². The van der Waals surface area contributed by atoms with Gasteiger partial charge in [0.2, 0.25) is 0 Å². The lowest BCUT2D eigenvalue weighted by Crippen LogP contribution is -2.26. The summed E-state index contributed by atoms with van der Waals surface area (Å²) >= 11 is 0. The number of nitrogens with two attached hydrogens (primary N) is 1. The zero-order valence-electron chi connectivity index (χ0n) is 10.4. The summed E-state index contributed by atoms with van der Waals surface area (Å²) in [6, 6.07) is 6.66. The maximum absolute atomic E-state index is 5.68. The van der Waals surface area contributed by atoms with Gasteiger partial charge in [-0.2, -0.15) is 0 Å². The highest BCUT2D eigenvalue weighted by Crippen LogP contribution is 2.32. The molecule has 1 heterocycles. The van der Waals surface area contributed by atoms with Gasteiger partial charge in [-0.15, -0.1) is 0 Å². The smallest absolute Gasteiger partial charge is 0.0432 e. The fourth-order valence-corrected chi connectivity index (χ4v) is 2.60. The lowest BCUT2D eigenvalue weighted by atomic mass is 10.0. The van der Waals surface area contributed by atoms with E-state index in [-0.39, 0.29) is 0 Å². The van der Waals surface area contributed by atoms with E-state index in [0.717, 1.165) is 25.4 Å². The number of hydrogen-bond acceptors (Lipinski definition) is 2. The SMILES string of the molecule is CC(C)CN1CCc2cccc(CCN)c21. The van der Waals surface area contributed by atoms with Gasteiger partial charge in [0.25, 0.3) is 0 Å². The molecule has 16 heavy (non-hydrogen) atoms. The first-order chi connectivity index (χ1) is 7.72. The average Bonchev–Trinajstić information content (AvgIpc) is 2.62. The van der Waals surface area contributed by atoms with E-state index >= 15 is 0 Å². The molecule has 1 aliphatic rings. The van der Waals surface area contributed by atoms with Crippen LogP contribution in [0.4, 0.5) is 5.69 Å². The Labute approximate surface area is 98.4 Å². The van der Waals surface area contributed by atoms with E-state index in [1.807, 2.05) is 0 Å². The van der Waals surface area contributed by atoms with Crippen molar-refractivity contribution in [3.63, 3.8) is 0 Å². The molecule has 2 rings (SSSR count). The van der Waals surface area contributed by atoms with E-state index in [9.17, 15) is 0 Å². The summed E-state index contributed by atoms with van der Waals surface area (Å²) in [4.78, 5) is 2.53. The first-order valence-corrected chi connectivity index (χ1v) is 6.28. The van der Waals surface area contributed by atoms with Gasteiger partial charge in [0.05, 0.1) is 0 Å². The van der Waals surface area contributed by atoms with E-state index in [1.54, 1.807) is 0 Å². The number of anilines is 1. The fourth-order valence-electron chi connectivity index (χ4n) is 2.60. The molecule has 2 N–H and O–H groups in total. The highest BCUT2D eigenvalue weighted by molar-refractivity contribution is 5.63. The second-order valence-electron chi connectivity index (χ2n) is 5.05. The summed E-state index contributed by atoms with van der Waals surface area (Å²) in [5, 5.41) is 0. The number of hydrogen-bond donors (Lipinski definition) is 1. The van der Waals surface area contributed by atoms with Gasteiger partial charge in [-0.25, -0.2) is 0 Å². The second-order valence-corrected chi connectivity index (χ2v) is 5.05. The Morgan fingerprint density at radius 3 is 2.88 bits per heavy atom. The van der Waals surface area contributed by atoms with Crippen molar-refractivity contribution in [1.29, 1.82) is 0 Å². The van der Waals surface area contributed by atoms with Crippen molar-refractivity contribution >= 4 is 5.69 Å². The lowest BCUT2D eigenvalue weighted by molar-refractivity contribution is 0.621. The standard InChI is InChI=1S/C14H22N2/c1-11(2)10-16-9-7-13-5-3-4-12(6-8-15)14(13)16/h3-5,11H,6-10,15H2,1-2H3. The van der Waals surface area contributed by atoms with Crippen LogP contribution in [-0.2, 0) is 12.8 Å². The van der Waals surface area contributed by atoms with E-state index in [1.165, 1.54) is 29.8 Å². The summed E-state index contributed by atoms with van der Waals surface area (Å²) in [6.45, 7) is 7.64. The molecule has 0 fully saturated rings. The van der Waals surface area contributed by atoms with Gasteiger partial charge in [0, 0.05) is 18.8 Å². The monoisotopic (exact) mass is 218 g/mol. The average molecular weight is 218 g/mol. The third-order valence-electron chi connectivity index (χ3n) is 3.17. The first kappa shape index (κ1) is 11.5. The van der Waals surface area contributed by atoms with Crippen molar-refractivity contribution in [2.45, 2.75) is 26.7 Å². The zero-order valence-corrected chi connectivity index (χ0v) is 10.4. The van der Waals surface area contributed by atoms with Crippen LogP contribution in [0.2, 0.25) is 0 Å². The van der Waals surface area contributed by atoms with Crippen LogP contribution in [0.15, 0.2) is 18.2 Å². The molecule has 1 aromatic rings. The van der Waals surface area contributed by atoms with E-state index in [4.69, 9.17) is 5.73 Å². The maximum Gasteiger partial charge on any atom is 0.0432 e. The largest absolute Gasteiger partial charge is 0.370 e. The Morgan fingerprint density at radius 1 is 1.38 bits per heavy atom. The minimum atomic E-state index is 0.719. The number of para-hydroxylation sites is 1. The molecule has 0 unspecified atom stereocenters. The topological polar surface area (TPSA) is 29.3 Å². The second kappa shape index (κ2) is 4.88. The number of nitrogens with zero attached hydrogens (tertiary/aromatic N) is 1. The fraction of sp³-hybridized carbons (Fsp3) is 0.571. The molecule has 2 nitrogen and oxygen atoms in total. The predicted molar refractivity (Wildman–Crippen MR) is 70.0 cm³/mol. The predicted octanol–water partition coefficient (Wildman–Crippen LogP) is 2.21. The Bertz CT molecular complexity index is 358. The number of fused-ring (bicyclic) bond motifs is 1. The van der Waals surface area contributed by atoms with Gasteiger partial charge in [-0.1, -0.05) is 32.0 Å². The molecule has 0 spiro atoms. The van der Waals surface area contributed by atoms with E-state index in [0.29, 0.717) is 0 Å². The molecule has 0 radical (unpaired) electrons. The third kappa shape index (κ3) is 2.22. The molecule has 2 heteroatoms. The van der Waals surface area contributed by atoms with Gasteiger partial charge >= 0.3 is 0 Å². The van der Waals surface area contributed by atoms with Gasteiger partial charge < -0.3 is 10.6 Å². The van der Waals surface area contributed by atoms with Gasteiger partial charge in [-0.3, -0.25) is 0 Å². The van der Waals surface area contributed by atoms with Crippen molar-refractivity contribution in [3.8, 4) is 0 Å². The van der Waals surface area contributed by atoms with E-state index < -0.39 is 0 Å². The molecular weight excluding hydrogens is 196 g/mol. The molecule has 1 aromatic carbocycles. The van der Waals surface area contributed by atoms with Crippen LogP contribution >= 0.6 is 0 Å². The summed E-state index contributed by atoms with van der Waals surface area (Å²) in [6.07, 6.45) is 2.19. The molecule has 0 atom stereocenters. The molecule has 88 valence electrons. The van der Waals surface area contributed by atoms with Crippen LogP contribution in [0.5, 0.6) is 0 Å². The summed E-state index contributed by atoms with van der Waals surface area (Å²) in [5.74, 6) is 0.719. The summed E-state index contributed by atoms with van der Waals surface area (Å²) in [7, 11) is 0. The normalized spacial score (nSPS) is 14.6. The maximum atomic E-state index is 5.68. The van der Waals surface area contributed by atoms with Crippen molar-refractivity contribution in [3.05, 3.63) is 29.3 Å². The minimum Gasteiger partial charge on any atom is -0.370 e. The summed E-state index contributed by atoms with van der Waals surface area (Å²) in [5.41, 5.74) is 10.1. The van der Waals surface area contributed by atoms with Gasteiger partial charge in [0.15, 0.2) is 0 Å². The Morgan fingerprint density at radius 2 is 2.19 bits per heavy atom. The molecule has 0 amide bonds. The van der Waals surface area contributed by atoms with Crippen LogP contribution in [0.1, 0.15) is 25.0 Å². The Balaban J connectivity index is 2.27. The molecule has 0 aromatic heterocycles. The molecule has 0 aliphatic carbocycles. The third-order valence-corrected chi connectivity index (χ3v) is 3.17. The zero-order chi connectivity index (χ0) is 11.5. The number of benzene rings is 1. The van der Waals surface area contributed by atoms with Crippen LogP contribution in [-0.4, -0.2) is 19.6 Å². The number of rotatable bonds is 4. The summed E-state index contributed by atoms with van der Waals surface area (Å²) < 4.78 is 0. The Kier molecular flexibility index (Phi) is 3.49. The van der Waals surface area contributed by atoms with Crippen molar-refractivity contribution in [2.75, 3.05) is 24.5 Å². The molecule has 0 bridgehead atoms. The highest BCUT2D eigenvalue weighted by atomic mass is 15.1. The molecule has 0 saturated carbocycles. The van der Waals surface area contributed by atoms with Crippen molar-refractivity contribution in [1.82, 2.24) is 0 Å². The molecule has 1 aliphatic heterocycles. The minimum absolute atomic E-state index is 0.719. The Hall–Kier alpha value is -1.02. The molecular formula is C14H22N2. The van der Waals surface area contributed by atoms with E-state index in [2.05, 4.69) is 36.9 Å². The quantitative estimate of drug-likeness (QED) is 0.839. The lowest BCUT2D eigenvalue weighted by Gasteiger charge is -2.24. The van der Waals surface area contributed by atoms with Gasteiger partial charge in [0.1, 0.15) is 0 Å². The van der Waals surface area contributed by atoms with Crippen LogP contribution in [0.3, 0.4) is 0 Å². The first-order valence-electron chi connectivity index (χ1n) is 6.28. The van der Waals surface area contributed by atoms with Gasteiger partial charge in [-0.05, 0) is 36.4 Å². The highest BCUT2D eigenvalue weighted by Gasteiger charge is 2.21. The van der Waals surface area contributed by atoms with Crippen LogP contribution < -0.4 is 10.6 Å². The van der Waals surface area contributed by atoms with Crippen molar-refractivity contribution in [2.24, 2.45) is 11.7 Å². The van der Waals surface area contributed by atoms with Crippen LogP contribution in [0.25, 0.3) is 0 Å². The van der Waals surface area contributed by atoms with Crippen molar-refractivity contribution < 1.29 is 0 Å².